The number of nitrogens with one attached hydrogen (secondary N) is 1. The number of rotatable bonds is 6. The van der Waals surface area contributed by atoms with Crippen LogP contribution in [0.3, 0.4) is 0 Å². The van der Waals surface area contributed by atoms with Crippen LogP contribution in [0, 0.1) is 10.1 Å². The highest BCUT2D eigenvalue weighted by Crippen LogP contribution is 2.30. The van der Waals surface area contributed by atoms with Crippen molar-refractivity contribution in [2.75, 3.05) is 19.0 Å². The summed E-state index contributed by atoms with van der Waals surface area (Å²) in [5.74, 6) is -0.00773. The molecule has 0 bridgehead atoms. The molecule has 23 heavy (non-hydrogen) atoms. The Morgan fingerprint density at radius 2 is 2.00 bits per heavy atom. The molecule has 120 valence electrons. The number of nitro groups is 1. The van der Waals surface area contributed by atoms with Crippen LogP contribution < -0.4 is 14.8 Å². The summed E-state index contributed by atoms with van der Waals surface area (Å²) in [6.07, 6.45) is 0. The van der Waals surface area contributed by atoms with Crippen LogP contribution in [0.2, 0.25) is 5.02 Å². The molecule has 0 unspecified atom stereocenters. The van der Waals surface area contributed by atoms with Crippen LogP contribution >= 0.6 is 11.6 Å². The number of carbonyl (C=O) groups is 1. The molecule has 2 aromatic rings. The molecule has 2 rings (SSSR count). The second-order valence-corrected chi connectivity index (χ2v) is 4.84. The summed E-state index contributed by atoms with van der Waals surface area (Å²) in [4.78, 5) is 22.2. The van der Waals surface area contributed by atoms with Gasteiger partial charge in [-0.1, -0.05) is 23.7 Å². The lowest BCUT2D eigenvalue weighted by atomic mass is 10.3. The third-order valence-electron chi connectivity index (χ3n) is 2.86. The third-order valence-corrected chi connectivity index (χ3v) is 3.09. The molecule has 0 fully saturated rings. The number of hydrogen-bond donors (Lipinski definition) is 1. The van der Waals surface area contributed by atoms with Gasteiger partial charge in [-0.05, 0) is 24.3 Å². The number of nitro benzene ring substituents is 1. The lowest BCUT2D eigenvalue weighted by Crippen LogP contribution is -2.20. The summed E-state index contributed by atoms with van der Waals surface area (Å²) in [5.41, 5.74) is 0.178. The molecule has 7 nitrogen and oxygen atoms in total. The normalized spacial score (nSPS) is 10.0. The maximum absolute atomic E-state index is 11.9. The Labute approximate surface area is 136 Å². The number of benzene rings is 2. The minimum atomic E-state index is -0.626. The first kappa shape index (κ1) is 16.6. The molecule has 2 aromatic carbocycles. The number of nitrogens with zero attached hydrogens (tertiary/aromatic N) is 1. The van der Waals surface area contributed by atoms with Crippen molar-refractivity contribution in [2.24, 2.45) is 0 Å². The monoisotopic (exact) mass is 336 g/mol. The Morgan fingerprint density at radius 1 is 1.26 bits per heavy atom. The van der Waals surface area contributed by atoms with Crippen molar-refractivity contribution in [3.63, 3.8) is 0 Å². The quantitative estimate of drug-likeness (QED) is 0.645. The molecular weight excluding hydrogens is 324 g/mol. The van der Waals surface area contributed by atoms with Gasteiger partial charge in [-0.25, -0.2) is 0 Å². The highest BCUT2D eigenvalue weighted by Gasteiger charge is 2.17. The van der Waals surface area contributed by atoms with Crippen molar-refractivity contribution in [3.8, 4) is 11.5 Å². The molecule has 8 heteroatoms. The highest BCUT2D eigenvalue weighted by atomic mass is 35.5. The van der Waals surface area contributed by atoms with Crippen molar-refractivity contribution >= 4 is 28.9 Å². The second kappa shape index (κ2) is 7.46. The molecule has 1 amide bonds. The van der Waals surface area contributed by atoms with E-state index in [-0.39, 0.29) is 23.1 Å². The van der Waals surface area contributed by atoms with E-state index in [9.17, 15) is 14.9 Å². The van der Waals surface area contributed by atoms with Crippen LogP contribution in [-0.4, -0.2) is 24.5 Å². The Bertz CT molecular complexity index is 736. The van der Waals surface area contributed by atoms with E-state index in [1.165, 1.54) is 19.2 Å². The average Bonchev–Trinajstić information content (AvgIpc) is 2.54. The van der Waals surface area contributed by atoms with E-state index in [0.717, 1.165) is 6.07 Å². The molecular formula is C15H13ClN2O5. The summed E-state index contributed by atoms with van der Waals surface area (Å²) in [7, 11) is 1.48. The summed E-state index contributed by atoms with van der Waals surface area (Å²) >= 11 is 5.71. The van der Waals surface area contributed by atoms with Crippen molar-refractivity contribution in [1.29, 1.82) is 0 Å². The molecule has 0 heterocycles. The van der Waals surface area contributed by atoms with Crippen molar-refractivity contribution in [2.45, 2.75) is 0 Å². The fourth-order valence-corrected chi connectivity index (χ4v) is 2.00. The van der Waals surface area contributed by atoms with Gasteiger partial charge in [0.2, 0.25) is 0 Å². The van der Waals surface area contributed by atoms with E-state index in [4.69, 9.17) is 21.1 Å². The van der Waals surface area contributed by atoms with Gasteiger partial charge in [-0.2, -0.15) is 0 Å². The van der Waals surface area contributed by atoms with E-state index in [2.05, 4.69) is 5.32 Å². The van der Waals surface area contributed by atoms with E-state index < -0.39 is 10.8 Å². The van der Waals surface area contributed by atoms with Crippen molar-refractivity contribution < 1.29 is 19.2 Å². The van der Waals surface area contributed by atoms with Crippen LogP contribution in [0.5, 0.6) is 11.5 Å². The van der Waals surface area contributed by atoms with E-state index in [1.807, 2.05) is 0 Å². The number of carbonyl (C=O) groups excluding carboxylic acids is 1. The van der Waals surface area contributed by atoms with Crippen LogP contribution in [0.25, 0.3) is 0 Å². The van der Waals surface area contributed by atoms with Crippen LogP contribution in [-0.2, 0) is 4.79 Å². The number of amides is 1. The summed E-state index contributed by atoms with van der Waals surface area (Å²) in [5, 5.41) is 13.8. The zero-order valence-corrected chi connectivity index (χ0v) is 12.9. The number of anilines is 1. The average molecular weight is 337 g/mol. The topological polar surface area (TPSA) is 90.7 Å². The zero-order valence-electron chi connectivity index (χ0n) is 12.1. The first-order chi connectivity index (χ1) is 11.0. The first-order valence-electron chi connectivity index (χ1n) is 6.51. The fourth-order valence-electron chi connectivity index (χ4n) is 1.83. The van der Waals surface area contributed by atoms with Gasteiger partial charge in [0, 0.05) is 11.1 Å². The van der Waals surface area contributed by atoms with Gasteiger partial charge in [0.15, 0.2) is 12.4 Å². The van der Waals surface area contributed by atoms with Crippen molar-refractivity contribution in [3.05, 3.63) is 57.6 Å². The van der Waals surface area contributed by atoms with Crippen molar-refractivity contribution in [1.82, 2.24) is 0 Å². The summed E-state index contributed by atoms with van der Waals surface area (Å²) in [6, 6.07) is 10.8. The Balaban J connectivity index is 2.04. The summed E-state index contributed by atoms with van der Waals surface area (Å²) in [6.45, 7) is -0.388. The molecule has 0 aliphatic rings. The van der Waals surface area contributed by atoms with Gasteiger partial charge in [0.05, 0.1) is 17.7 Å². The van der Waals surface area contributed by atoms with E-state index in [0.29, 0.717) is 11.4 Å². The van der Waals surface area contributed by atoms with Gasteiger partial charge in [0.25, 0.3) is 5.91 Å². The molecule has 0 atom stereocenters. The number of hydrogen-bond acceptors (Lipinski definition) is 5. The number of methoxy groups -OCH3 is 1. The maximum atomic E-state index is 11.9. The second-order valence-electron chi connectivity index (χ2n) is 4.41. The Morgan fingerprint density at radius 3 is 2.70 bits per heavy atom. The van der Waals surface area contributed by atoms with Gasteiger partial charge in [-0.15, -0.1) is 0 Å². The largest absolute Gasteiger partial charge is 0.495 e. The van der Waals surface area contributed by atoms with Crippen LogP contribution in [0.4, 0.5) is 11.4 Å². The fraction of sp³-hybridized carbons (Fsp3) is 0.133. The van der Waals surface area contributed by atoms with Gasteiger partial charge in [-0.3, -0.25) is 14.9 Å². The smallest absolute Gasteiger partial charge is 0.312 e. The lowest BCUT2D eigenvalue weighted by molar-refractivity contribution is -0.385. The zero-order chi connectivity index (χ0) is 16.8. The van der Waals surface area contributed by atoms with Crippen LogP contribution in [0.15, 0.2) is 42.5 Å². The molecule has 0 aromatic heterocycles. The Hall–Kier alpha value is -2.80. The summed E-state index contributed by atoms with van der Waals surface area (Å²) < 4.78 is 10.3. The standard InChI is InChI=1S/C15H13ClN2O5/c1-22-13-5-3-2-4-11(13)17-15(19)9-23-14-7-6-10(16)8-12(14)18(20)21/h2-8H,9H2,1H3,(H,17,19). The number of para-hydroxylation sites is 2. The molecule has 0 spiro atoms. The molecule has 0 saturated carbocycles. The minimum absolute atomic E-state index is 0.0328. The van der Waals surface area contributed by atoms with Crippen LogP contribution in [0.1, 0.15) is 0 Å². The van der Waals surface area contributed by atoms with E-state index in [1.54, 1.807) is 24.3 Å². The molecule has 0 radical (unpaired) electrons. The highest BCUT2D eigenvalue weighted by molar-refractivity contribution is 6.30. The predicted molar refractivity (Wildman–Crippen MR) is 85.2 cm³/mol. The third kappa shape index (κ3) is 4.33. The SMILES string of the molecule is COc1ccccc1NC(=O)COc1ccc(Cl)cc1[N+](=O)[O-]. The lowest BCUT2D eigenvalue weighted by Gasteiger charge is -2.10. The first-order valence-corrected chi connectivity index (χ1v) is 6.88. The molecule has 0 saturated heterocycles. The van der Waals surface area contributed by atoms with Gasteiger partial charge < -0.3 is 14.8 Å². The van der Waals surface area contributed by atoms with Gasteiger partial charge in [0.1, 0.15) is 5.75 Å². The maximum Gasteiger partial charge on any atom is 0.312 e. The molecule has 0 aliphatic heterocycles. The molecule has 1 N–H and O–H groups in total. The number of halogens is 1. The van der Waals surface area contributed by atoms with E-state index >= 15 is 0 Å². The Kier molecular flexibility index (Phi) is 5.37. The molecule has 0 aliphatic carbocycles. The minimum Gasteiger partial charge on any atom is -0.495 e. The van der Waals surface area contributed by atoms with Gasteiger partial charge >= 0.3 is 5.69 Å². The number of ether oxygens (including phenoxy) is 2. The predicted octanol–water partition coefficient (Wildman–Crippen LogP) is 3.27.